The van der Waals surface area contributed by atoms with Crippen molar-refractivity contribution in [1.82, 2.24) is 15.1 Å². The zero-order valence-corrected chi connectivity index (χ0v) is 18.5. The largest absolute Gasteiger partial charge is 0.343 e. The molecule has 1 atom stereocenters. The van der Waals surface area contributed by atoms with Gasteiger partial charge in [-0.25, -0.2) is 9.69 Å². The predicted octanol–water partition coefficient (Wildman–Crippen LogP) is 3.64. The highest BCUT2D eigenvalue weighted by molar-refractivity contribution is 7.10. The molecule has 4 rings (SSSR count). The number of benzene rings is 1. The van der Waals surface area contributed by atoms with E-state index in [2.05, 4.69) is 11.4 Å². The Kier molecular flexibility index (Phi) is 6.80. The van der Waals surface area contributed by atoms with Crippen molar-refractivity contribution in [3.8, 4) is 0 Å². The van der Waals surface area contributed by atoms with Gasteiger partial charge in [-0.05, 0) is 49.1 Å². The number of rotatable bonds is 8. The number of thiophene rings is 1. The number of allylic oxidation sites excluding steroid dienone is 1. The SMILES string of the molecule is O=C(CN1C(=O)C(=O)N(CCC2=CCCCC2)C1=O)N[C@H](c1ccccc1)c1cccs1. The second-order valence-electron chi connectivity index (χ2n) is 7.92. The lowest BCUT2D eigenvalue weighted by Gasteiger charge is -2.20. The number of carbonyl (C=O) groups excluding carboxylic acids is 4. The van der Waals surface area contributed by atoms with E-state index in [0.29, 0.717) is 6.42 Å². The van der Waals surface area contributed by atoms with Crippen LogP contribution in [0.1, 0.15) is 48.6 Å². The highest BCUT2D eigenvalue weighted by Crippen LogP contribution is 2.26. The summed E-state index contributed by atoms with van der Waals surface area (Å²) in [5.74, 6) is -2.31. The predicted molar refractivity (Wildman–Crippen MR) is 121 cm³/mol. The Balaban J connectivity index is 1.41. The van der Waals surface area contributed by atoms with Crippen LogP contribution in [0.25, 0.3) is 0 Å². The second-order valence-corrected chi connectivity index (χ2v) is 8.89. The maximum atomic E-state index is 12.8. The number of amides is 5. The van der Waals surface area contributed by atoms with Gasteiger partial charge in [0.1, 0.15) is 6.54 Å². The number of carbonyl (C=O) groups is 4. The summed E-state index contributed by atoms with van der Waals surface area (Å²) in [6.07, 6.45) is 6.94. The molecule has 1 aromatic carbocycles. The molecule has 2 heterocycles. The standard InChI is InChI=1S/C24H25N3O4S/c28-20(25-21(19-12-7-15-32-19)18-10-5-2-6-11-18)16-27-23(30)22(29)26(24(27)31)14-13-17-8-3-1-4-9-17/h2,5-8,10-12,15,21H,1,3-4,9,13-14,16H2,(H,25,28)/t21-/m1/s1. The van der Waals surface area contributed by atoms with Gasteiger partial charge in [0, 0.05) is 11.4 Å². The molecule has 1 fully saturated rings. The van der Waals surface area contributed by atoms with E-state index in [1.807, 2.05) is 47.8 Å². The summed E-state index contributed by atoms with van der Waals surface area (Å²) in [7, 11) is 0. The first kappa shape index (κ1) is 22.0. The molecule has 5 amide bonds. The van der Waals surface area contributed by atoms with Gasteiger partial charge >= 0.3 is 17.8 Å². The monoisotopic (exact) mass is 451 g/mol. The molecule has 32 heavy (non-hydrogen) atoms. The highest BCUT2D eigenvalue weighted by Gasteiger charge is 2.45. The van der Waals surface area contributed by atoms with Crippen molar-refractivity contribution in [2.45, 2.75) is 38.1 Å². The van der Waals surface area contributed by atoms with E-state index in [0.717, 1.165) is 45.9 Å². The van der Waals surface area contributed by atoms with Gasteiger partial charge in [0.25, 0.3) is 0 Å². The Hall–Kier alpha value is -3.26. The summed E-state index contributed by atoms with van der Waals surface area (Å²) >= 11 is 1.50. The summed E-state index contributed by atoms with van der Waals surface area (Å²) in [5.41, 5.74) is 2.10. The third kappa shape index (κ3) is 4.80. The smallest absolute Gasteiger partial charge is 0.334 e. The second kappa shape index (κ2) is 9.91. The number of urea groups is 1. The molecular weight excluding hydrogens is 426 g/mol. The van der Waals surface area contributed by atoms with E-state index in [1.165, 1.54) is 16.9 Å². The maximum absolute atomic E-state index is 12.8. The molecule has 7 nitrogen and oxygen atoms in total. The van der Waals surface area contributed by atoms with Crippen molar-refractivity contribution in [1.29, 1.82) is 0 Å². The van der Waals surface area contributed by atoms with Crippen LogP contribution >= 0.6 is 11.3 Å². The van der Waals surface area contributed by atoms with Crippen LogP contribution in [0.3, 0.4) is 0 Å². The molecule has 1 aromatic heterocycles. The topological polar surface area (TPSA) is 86.8 Å². The molecule has 0 radical (unpaired) electrons. The molecule has 0 bridgehead atoms. The van der Waals surface area contributed by atoms with Crippen LogP contribution in [-0.4, -0.2) is 46.6 Å². The lowest BCUT2D eigenvalue weighted by Crippen LogP contribution is -2.42. The van der Waals surface area contributed by atoms with E-state index in [1.54, 1.807) is 0 Å². The molecule has 1 aliphatic carbocycles. The molecular formula is C24H25N3O4S. The molecule has 8 heteroatoms. The van der Waals surface area contributed by atoms with Gasteiger partial charge < -0.3 is 5.32 Å². The highest BCUT2D eigenvalue weighted by atomic mass is 32.1. The molecule has 0 saturated carbocycles. The third-order valence-electron chi connectivity index (χ3n) is 5.74. The van der Waals surface area contributed by atoms with Crippen molar-refractivity contribution >= 4 is 35.1 Å². The van der Waals surface area contributed by atoms with Crippen molar-refractivity contribution < 1.29 is 19.2 Å². The molecule has 2 aromatic rings. The summed E-state index contributed by atoms with van der Waals surface area (Å²) < 4.78 is 0. The Morgan fingerprint density at radius 3 is 2.47 bits per heavy atom. The van der Waals surface area contributed by atoms with Gasteiger partial charge in [-0.2, -0.15) is 0 Å². The molecule has 166 valence electrons. The van der Waals surface area contributed by atoms with E-state index in [-0.39, 0.29) is 6.54 Å². The van der Waals surface area contributed by atoms with Crippen LogP contribution < -0.4 is 5.32 Å². The van der Waals surface area contributed by atoms with Crippen molar-refractivity contribution in [2.75, 3.05) is 13.1 Å². The molecule has 1 aliphatic heterocycles. The van der Waals surface area contributed by atoms with Gasteiger partial charge in [-0.3, -0.25) is 19.3 Å². The van der Waals surface area contributed by atoms with Crippen LogP contribution in [0.15, 0.2) is 59.5 Å². The summed E-state index contributed by atoms with van der Waals surface area (Å²) in [5, 5.41) is 4.82. The van der Waals surface area contributed by atoms with Crippen LogP contribution in [0.4, 0.5) is 4.79 Å². The Morgan fingerprint density at radius 1 is 1.00 bits per heavy atom. The number of nitrogens with zero attached hydrogens (tertiary/aromatic N) is 2. The summed E-state index contributed by atoms with van der Waals surface area (Å²) in [6, 6.07) is 12.2. The number of hydrogen-bond acceptors (Lipinski definition) is 5. The first-order valence-electron chi connectivity index (χ1n) is 10.8. The van der Waals surface area contributed by atoms with Gasteiger partial charge in [-0.15, -0.1) is 11.3 Å². The minimum absolute atomic E-state index is 0.162. The van der Waals surface area contributed by atoms with Crippen molar-refractivity contribution in [3.63, 3.8) is 0 Å². The van der Waals surface area contributed by atoms with Gasteiger partial charge in [0.15, 0.2) is 0 Å². The fraction of sp³-hybridized carbons (Fsp3) is 0.333. The van der Waals surface area contributed by atoms with Crippen molar-refractivity contribution in [3.05, 3.63) is 69.9 Å². The Bertz CT molecular complexity index is 1030. The minimum Gasteiger partial charge on any atom is -0.343 e. The van der Waals surface area contributed by atoms with Crippen LogP contribution in [-0.2, 0) is 14.4 Å². The number of hydrogen-bond donors (Lipinski definition) is 1. The van der Waals surface area contributed by atoms with Gasteiger partial charge in [-0.1, -0.05) is 48.0 Å². The third-order valence-corrected chi connectivity index (χ3v) is 6.68. The number of nitrogens with one attached hydrogen (secondary N) is 1. The molecule has 0 unspecified atom stereocenters. The first-order chi connectivity index (χ1) is 15.5. The maximum Gasteiger partial charge on any atom is 0.334 e. The van der Waals surface area contributed by atoms with E-state index in [4.69, 9.17) is 0 Å². The van der Waals surface area contributed by atoms with Crippen LogP contribution in [0.2, 0.25) is 0 Å². The first-order valence-corrected chi connectivity index (χ1v) is 11.7. The van der Waals surface area contributed by atoms with Gasteiger partial charge in [0.2, 0.25) is 5.91 Å². The van der Waals surface area contributed by atoms with E-state index in [9.17, 15) is 19.2 Å². The lowest BCUT2D eigenvalue weighted by atomic mass is 9.97. The summed E-state index contributed by atoms with van der Waals surface area (Å²) in [6.45, 7) is -0.327. The fourth-order valence-corrected chi connectivity index (χ4v) is 4.85. The number of imide groups is 2. The van der Waals surface area contributed by atoms with E-state index >= 15 is 0 Å². The van der Waals surface area contributed by atoms with Crippen LogP contribution in [0.5, 0.6) is 0 Å². The summed E-state index contributed by atoms with van der Waals surface area (Å²) in [4.78, 5) is 53.0. The average Bonchev–Trinajstić information content (AvgIpc) is 3.42. The normalized spacial score (nSPS) is 17.5. The fourth-order valence-electron chi connectivity index (χ4n) is 4.04. The molecule has 1 saturated heterocycles. The minimum atomic E-state index is -0.949. The Labute approximate surface area is 190 Å². The Morgan fingerprint density at radius 2 is 1.78 bits per heavy atom. The van der Waals surface area contributed by atoms with E-state index < -0.39 is 36.3 Å². The zero-order chi connectivity index (χ0) is 22.5. The zero-order valence-electron chi connectivity index (χ0n) is 17.7. The molecule has 1 N–H and O–H groups in total. The molecule has 2 aliphatic rings. The quantitative estimate of drug-likeness (QED) is 0.377. The van der Waals surface area contributed by atoms with Crippen LogP contribution in [0, 0.1) is 0 Å². The van der Waals surface area contributed by atoms with Crippen molar-refractivity contribution in [2.24, 2.45) is 0 Å². The lowest BCUT2D eigenvalue weighted by molar-refractivity contribution is -0.144. The molecule has 0 spiro atoms. The average molecular weight is 452 g/mol. The van der Waals surface area contributed by atoms with Gasteiger partial charge in [0.05, 0.1) is 6.04 Å².